The van der Waals surface area contributed by atoms with Gasteiger partial charge in [-0.15, -0.1) is 0 Å². The van der Waals surface area contributed by atoms with Crippen LogP contribution in [0.3, 0.4) is 0 Å². The average Bonchev–Trinajstić information content (AvgIpc) is 2.47. The predicted molar refractivity (Wildman–Crippen MR) is 80.0 cm³/mol. The molecular weight excluding hydrogens is 240 g/mol. The van der Waals surface area contributed by atoms with Crippen LogP contribution >= 0.6 is 0 Å². The zero-order chi connectivity index (χ0) is 14.1. The van der Waals surface area contributed by atoms with Gasteiger partial charge < -0.3 is 20.1 Å². The van der Waals surface area contributed by atoms with Crippen LogP contribution in [0.15, 0.2) is 24.3 Å². The van der Waals surface area contributed by atoms with Crippen molar-refractivity contribution in [3.05, 3.63) is 24.3 Å². The van der Waals surface area contributed by atoms with Crippen molar-refractivity contribution in [1.29, 1.82) is 0 Å². The van der Waals surface area contributed by atoms with E-state index >= 15 is 0 Å². The van der Waals surface area contributed by atoms with E-state index in [2.05, 4.69) is 30.3 Å². The fourth-order valence-corrected chi connectivity index (χ4v) is 1.93. The van der Waals surface area contributed by atoms with Gasteiger partial charge in [0.1, 0.15) is 5.75 Å². The number of methoxy groups -OCH3 is 1. The quantitative estimate of drug-likeness (QED) is 0.716. The van der Waals surface area contributed by atoms with Crippen molar-refractivity contribution in [1.82, 2.24) is 5.32 Å². The first-order valence-corrected chi connectivity index (χ1v) is 6.90. The molecule has 0 radical (unpaired) electrons. The Morgan fingerprint density at radius 2 is 2.21 bits per heavy atom. The number of hydrogen-bond donors (Lipinski definition) is 2. The van der Waals surface area contributed by atoms with Crippen LogP contribution < -0.4 is 15.0 Å². The molecule has 0 bridgehead atoms. The number of anilines is 1. The summed E-state index contributed by atoms with van der Waals surface area (Å²) >= 11 is 0. The summed E-state index contributed by atoms with van der Waals surface area (Å²) < 4.78 is 5.23. The van der Waals surface area contributed by atoms with E-state index in [-0.39, 0.29) is 12.6 Å². The Bertz CT molecular complexity index is 358. The minimum absolute atomic E-state index is 0.174. The summed E-state index contributed by atoms with van der Waals surface area (Å²) in [5.41, 5.74) is 1.13. The third kappa shape index (κ3) is 5.49. The Kier molecular flexibility index (Phi) is 7.30. The van der Waals surface area contributed by atoms with Gasteiger partial charge in [-0.2, -0.15) is 0 Å². The van der Waals surface area contributed by atoms with Gasteiger partial charge in [0.05, 0.1) is 13.7 Å². The number of benzene rings is 1. The van der Waals surface area contributed by atoms with E-state index in [1.54, 1.807) is 7.11 Å². The van der Waals surface area contributed by atoms with Gasteiger partial charge in [0.2, 0.25) is 0 Å². The first-order chi connectivity index (χ1) is 9.21. The predicted octanol–water partition coefficient (Wildman–Crippen LogP) is 1.88. The van der Waals surface area contributed by atoms with Crippen molar-refractivity contribution in [2.45, 2.75) is 25.8 Å². The van der Waals surface area contributed by atoms with E-state index in [1.807, 2.05) is 18.2 Å². The molecule has 0 amide bonds. The largest absolute Gasteiger partial charge is 0.497 e. The zero-order valence-electron chi connectivity index (χ0n) is 12.2. The molecule has 1 unspecified atom stereocenters. The van der Waals surface area contributed by atoms with E-state index in [0.717, 1.165) is 37.4 Å². The second-order valence-electron chi connectivity index (χ2n) is 4.75. The maximum Gasteiger partial charge on any atom is 0.120 e. The van der Waals surface area contributed by atoms with E-state index in [0.29, 0.717) is 0 Å². The Morgan fingerprint density at radius 3 is 2.84 bits per heavy atom. The summed E-state index contributed by atoms with van der Waals surface area (Å²) in [5, 5.41) is 12.7. The summed E-state index contributed by atoms with van der Waals surface area (Å²) in [7, 11) is 3.73. The maximum atomic E-state index is 9.32. The normalized spacial score (nSPS) is 12.2. The van der Waals surface area contributed by atoms with Crippen LogP contribution in [0.5, 0.6) is 5.75 Å². The van der Waals surface area contributed by atoms with E-state index in [4.69, 9.17) is 4.74 Å². The fraction of sp³-hybridized carbons (Fsp3) is 0.600. The Balaban J connectivity index is 2.46. The number of hydrogen-bond acceptors (Lipinski definition) is 4. The fourth-order valence-electron chi connectivity index (χ4n) is 1.93. The highest BCUT2D eigenvalue weighted by Gasteiger charge is 2.08. The molecule has 0 aliphatic heterocycles. The zero-order valence-corrected chi connectivity index (χ0v) is 12.2. The van der Waals surface area contributed by atoms with Gasteiger partial charge in [0, 0.05) is 31.4 Å². The molecule has 1 rings (SSSR count). The van der Waals surface area contributed by atoms with Crippen molar-refractivity contribution in [2.24, 2.45) is 0 Å². The van der Waals surface area contributed by atoms with Crippen molar-refractivity contribution >= 4 is 5.69 Å². The summed E-state index contributed by atoms with van der Waals surface area (Å²) in [4.78, 5) is 2.18. The molecule has 0 heterocycles. The highest BCUT2D eigenvalue weighted by Crippen LogP contribution is 2.20. The summed E-state index contributed by atoms with van der Waals surface area (Å²) in [6, 6.07) is 8.19. The van der Waals surface area contributed by atoms with Crippen LogP contribution in [0.25, 0.3) is 0 Å². The molecule has 1 aromatic carbocycles. The number of ether oxygens (including phenoxy) is 1. The van der Waals surface area contributed by atoms with E-state index in [9.17, 15) is 5.11 Å². The molecule has 19 heavy (non-hydrogen) atoms. The molecule has 0 spiro atoms. The van der Waals surface area contributed by atoms with Gasteiger partial charge in [-0.3, -0.25) is 0 Å². The summed E-state index contributed by atoms with van der Waals surface area (Å²) in [5.74, 6) is 0.868. The Labute approximate surface area is 116 Å². The van der Waals surface area contributed by atoms with Gasteiger partial charge in [-0.05, 0) is 31.5 Å². The molecule has 1 aromatic rings. The Morgan fingerprint density at radius 1 is 1.42 bits per heavy atom. The second kappa shape index (κ2) is 8.77. The van der Waals surface area contributed by atoms with Gasteiger partial charge in [-0.25, -0.2) is 0 Å². The third-order valence-electron chi connectivity index (χ3n) is 3.21. The minimum Gasteiger partial charge on any atom is -0.497 e. The molecule has 0 fully saturated rings. The van der Waals surface area contributed by atoms with E-state index < -0.39 is 0 Å². The molecule has 0 aromatic heterocycles. The monoisotopic (exact) mass is 266 g/mol. The molecular formula is C15H26N2O2. The highest BCUT2D eigenvalue weighted by atomic mass is 16.5. The SMILES string of the molecule is CCCNC(CO)CCN(C)c1cccc(OC)c1. The third-order valence-corrected chi connectivity index (χ3v) is 3.21. The van der Waals surface area contributed by atoms with Crippen LogP contribution in [-0.4, -0.2) is 45.0 Å². The first-order valence-electron chi connectivity index (χ1n) is 6.90. The lowest BCUT2D eigenvalue weighted by molar-refractivity contribution is 0.237. The van der Waals surface area contributed by atoms with Gasteiger partial charge in [0.25, 0.3) is 0 Å². The minimum atomic E-state index is 0.174. The lowest BCUT2D eigenvalue weighted by atomic mass is 10.2. The lowest BCUT2D eigenvalue weighted by Crippen LogP contribution is -2.36. The highest BCUT2D eigenvalue weighted by molar-refractivity contribution is 5.50. The van der Waals surface area contributed by atoms with E-state index in [1.165, 1.54) is 0 Å². The topological polar surface area (TPSA) is 44.7 Å². The molecule has 4 nitrogen and oxygen atoms in total. The summed E-state index contributed by atoms with van der Waals surface area (Å²) in [6.45, 7) is 4.17. The van der Waals surface area contributed by atoms with Crippen molar-refractivity contribution in [2.75, 3.05) is 38.8 Å². The van der Waals surface area contributed by atoms with Crippen molar-refractivity contribution in [3.63, 3.8) is 0 Å². The number of nitrogens with one attached hydrogen (secondary N) is 1. The van der Waals surface area contributed by atoms with Gasteiger partial charge >= 0.3 is 0 Å². The standard InChI is InChI=1S/C15H26N2O2/c1-4-9-16-13(12-18)8-10-17(2)14-6-5-7-15(11-14)19-3/h5-7,11,13,16,18H,4,8-10,12H2,1-3H3. The number of rotatable bonds is 9. The molecule has 0 saturated carbocycles. The smallest absolute Gasteiger partial charge is 0.120 e. The molecule has 4 heteroatoms. The van der Waals surface area contributed by atoms with Crippen molar-refractivity contribution in [3.8, 4) is 5.75 Å². The van der Waals surface area contributed by atoms with Crippen molar-refractivity contribution < 1.29 is 9.84 Å². The van der Waals surface area contributed by atoms with Crippen LogP contribution in [-0.2, 0) is 0 Å². The molecule has 108 valence electrons. The van der Waals surface area contributed by atoms with Crippen LogP contribution in [0.2, 0.25) is 0 Å². The first kappa shape index (κ1) is 15.8. The van der Waals surface area contributed by atoms with Crippen LogP contribution in [0, 0.1) is 0 Å². The van der Waals surface area contributed by atoms with Crippen LogP contribution in [0.4, 0.5) is 5.69 Å². The molecule has 0 aliphatic carbocycles. The molecule has 0 aliphatic rings. The van der Waals surface area contributed by atoms with Crippen LogP contribution in [0.1, 0.15) is 19.8 Å². The molecule has 2 N–H and O–H groups in total. The number of aliphatic hydroxyl groups is 1. The van der Waals surface area contributed by atoms with Gasteiger partial charge in [0.15, 0.2) is 0 Å². The summed E-state index contributed by atoms with van der Waals surface area (Å²) in [6.07, 6.45) is 2.01. The Hall–Kier alpha value is -1.26. The molecule has 0 saturated heterocycles. The number of aliphatic hydroxyl groups excluding tert-OH is 1. The molecule has 1 atom stereocenters. The number of nitrogens with zero attached hydrogens (tertiary/aromatic N) is 1. The maximum absolute atomic E-state index is 9.32. The van der Waals surface area contributed by atoms with Gasteiger partial charge in [-0.1, -0.05) is 13.0 Å². The lowest BCUT2D eigenvalue weighted by Gasteiger charge is -2.23. The second-order valence-corrected chi connectivity index (χ2v) is 4.75. The average molecular weight is 266 g/mol.